The van der Waals surface area contributed by atoms with Crippen LogP contribution in [0.2, 0.25) is 0 Å². The van der Waals surface area contributed by atoms with Gasteiger partial charge in [0.1, 0.15) is 4.91 Å². The second-order valence-electron chi connectivity index (χ2n) is 4.27. The van der Waals surface area contributed by atoms with Crippen molar-refractivity contribution in [3.8, 4) is 0 Å². The number of hydrogen-bond donors (Lipinski definition) is 0. The highest BCUT2D eigenvalue weighted by Gasteiger charge is 2.54. The van der Waals surface area contributed by atoms with Crippen molar-refractivity contribution in [2.45, 2.75) is 43.3 Å². The minimum Gasteiger partial charge on any atom is -0.293 e. The Morgan fingerprint density at radius 3 is 2.14 bits per heavy atom. The van der Waals surface area contributed by atoms with Crippen LogP contribution in [-0.2, 0) is 14.6 Å². The fourth-order valence-electron chi connectivity index (χ4n) is 2.54. The second kappa shape index (κ2) is 2.92. The first-order chi connectivity index (χ1) is 6.50. The van der Waals surface area contributed by atoms with Crippen molar-refractivity contribution in [3.05, 3.63) is 11.5 Å². The molecular formula is C10H14O3S. The molecule has 2 fully saturated rings. The third kappa shape index (κ3) is 1.10. The summed E-state index contributed by atoms with van der Waals surface area (Å²) in [5.41, 5.74) is 0. The Bertz CT molecular complexity index is 386. The van der Waals surface area contributed by atoms with E-state index in [9.17, 15) is 13.2 Å². The maximum absolute atomic E-state index is 12.0. The molecule has 1 aliphatic carbocycles. The number of rotatable bonds is 0. The number of ketones is 1. The molecule has 1 saturated carbocycles. The van der Waals surface area contributed by atoms with Gasteiger partial charge >= 0.3 is 0 Å². The molecule has 0 atom stereocenters. The summed E-state index contributed by atoms with van der Waals surface area (Å²) >= 11 is 0. The van der Waals surface area contributed by atoms with Gasteiger partial charge in [0, 0.05) is 6.42 Å². The SMILES string of the molecule is C=C1C(=O)CC2(CCCCC2)S1(=O)=O. The zero-order chi connectivity index (χ0) is 10.4. The monoisotopic (exact) mass is 214 g/mol. The molecule has 1 saturated heterocycles. The lowest BCUT2D eigenvalue weighted by molar-refractivity contribution is -0.115. The van der Waals surface area contributed by atoms with Crippen molar-refractivity contribution >= 4 is 15.6 Å². The number of allylic oxidation sites excluding steroid dienone is 1. The van der Waals surface area contributed by atoms with E-state index < -0.39 is 14.6 Å². The summed E-state index contributed by atoms with van der Waals surface area (Å²) in [6, 6.07) is 0. The molecular weight excluding hydrogens is 200 g/mol. The van der Waals surface area contributed by atoms with Crippen LogP contribution >= 0.6 is 0 Å². The van der Waals surface area contributed by atoms with Crippen molar-refractivity contribution in [2.75, 3.05) is 0 Å². The van der Waals surface area contributed by atoms with Crippen LogP contribution in [0.3, 0.4) is 0 Å². The van der Waals surface area contributed by atoms with E-state index in [1.165, 1.54) is 0 Å². The van der Waals surface area contributed by atoms with Crippen LogP contribution in [0.4, 0.5) is 0 Å². The standard InChI is InChI=1S/C10H14O3S/c1-8-9(11)7-10(14(8,12)13)5-3-2-4-6-10/h1-7H2. The molecule has 4 heteroatoms. The molecule has 0 unspecified atom stereocenters. The first kappa shape index (κ1) is 9.90. The first-order valence-electron chi connectivity index (χ1n) is 4.96. The van der Waals surface area contributed by atoms with Crippen LogP contribution in [0.15, 0.2) is 11.5 Å². The molecule has 1 heterocycles. The quantitative estimate of drug-likeness (QED) is 0.575. The summed E-state index contributed by atoms with van der Waals surface area (Å²) in [7, 11) is -3.38. The molecule has 78 valence electrons. The normalized spacial score (nSPS) is 29.7. The van der Waals surface area contributed by atoms with E-state index in [1.54, 1.807) is 0 Å². The Hall–Kier alpha value is -0.640. The van der Waals surface area contributed by atoms with Gasteiger partial charge in [-0.1, -0.05) is 25.8 Å². The van der Waals surface area contributed by atoms with Crippen LogP contribution in [-0.4, -0.2) is 18.9 Å². The van der Waals surface area contributed by atoms with E-state index in [2.05, 4.69) is 6.58 Å². The maximum atomic E-state index is 12.0. The van der Waals surface area contributed by atoms with Gasteiger partial charge in [-0.2, -0.15) is 0 Å². The number of carbonyl (C=O) groups is 1. The number of carbonyl (C=O) groups excluding carboxylic acids is 1. The average molecular weight is 214 g/mol. The van der Waals surface area contributed by atoms with Crippen molar-refractivity contribution in [3.63, 3.8) is 0 Å². The van der Waals surface area contributed by atoms with Gasteiger partial charge in [0.05, 0.1) is 4.75 Å². The van der Waals surface area contributed by atoms with Crippen LogP contribution in [0.1, 0.15) is 38.5 Å². The van der Waals surface area contributed by atoms with Crippen molar-refractivity contribution in [2.24, 2.45) is 0 Å². The molecule has 1 aliphatic heterocycles. The fraction of sp³-hybridized carbons (Fsp3) is 0.700. The smallest absolute Gasteiger partial charge is 0.187 e. The average Bonchev–Trinajstić information content (AvgIpc) is 2.30. The molecule has 1 spiro atoms. The summed E-state index contributed by atoms with van der Waals surface area (Å²) in [6.45, 7) is 3.40. The minimum atomic E-state index is -3.38. The summed E-state index contributed by atoms with van der Waals surface area (Å²) in [5, 5.41) is 0. The van der Waals surface area contributed by atoms with Gasteiger partial charge in [-0.25, -0.2) is 8.42 Å². The zero-order valence-electron chi connectivity index (χ0n) is 8.08. The summed E-state index contributed by atoms with van der Waals surface area (Å²) in [6.07, 6.45) is 4.37. The maximum Gasteiger partial charge on any atom is 0.187 e. The molecule has 3 nitrogen and oxygen atoms in total. The Morgan fingerprint density at radius 2 is 1.71 bits per heavy atom. The van der Waals surface area contributed by atoms with E-state index in [0.717, 1.165) is 19.3 Å². The predicted octanol–water partition coefficient (Wildman–Crippen LogP) is 1.59. The van der Waals surface area contributed by atoms with Gasteiger partial charge in [-0.15, -0.1) is 0 Å². The highest BCUT2D eigenvalue weighted by Crippen LogP contribution is 2.46. The molecule has 0 N–H and O–H groups in total. The van der Waals surface area contributed by atoms with Crippen molar-refractivity contribution in [1.82, 2.24) is 0 Å². The van der Waals surface area contributed by atoms with E-state index in [4.69, 9.17) is 0 Å². The lowest BCUT2D eigenvalue weighted by atomic mass is 9.85. The predicted molar refractivity (Wildman–Crippen MR) is 53.5 cm³/mol. The van der Waals surface area contributed by atoms with E-state index in [1.807, 2.05) is 0 Å². The number of Topliss-reactive ketones (excluding diaryl/α,β-unsaturated/α-hetero) is 1. The molecule has 0 aromatic carbocycles. The highest BCUT2D eigenvalue weighted by molar-refractivity contribution is 7.98. The first-order valence-corrected chi connectivity index (χ1v) is 6.45. The van der Waals surface area contributed by atoms with Crippen molar-refractivity contribution < 1.29 is 13.2 Å². The van der Waals surface area contributed by atoms with E-state index in [0.29, 0.717) is 12.8 Å². The van der Waals surface area contributed by atoms with Crippen LogP contribution in [0.5, 0.6) is 0 Å². The van der Waals surface area contributed by atoms with Gasteiger partial charge in [0.15, 0.2) is 15.6 Å². The molecule has 14 heavy (non-hydrogen) atoms. The number of sulfone groups is 1. The summed E-state index contributed by atoms with van der Waals surface area (Å²) in [4.78, 5) is 11.2. The van der Waals surface area contributed by atoms with Crippen LogP contribution in [0.25, 0.3) is 0 Å². The van der Waals surface area contributed by atoms with Gasteiger partial charge in [0.2, 0.25) is 0 Å². The van der Waals surface area contributed by atoms with Crippen LogP contribution in [0, 0.1) is 0 Å². The highest BCUT2D eigenvalue weighted by atomic mass is 32.2. The molecule has 0 aromatic rings. The molecule has 0 amide bonds. The second-order valence-corrected chi connectivity index (χ2v) is 6.64. The van der Waals surface area contributed by atoms with Gasteiger partial charge in [-0.05, 0) is 12.8 Å². The topological polar surface area (TPSA) is 51.2 Å². The molecule has 2 aliphatic rings. The summed E-state index contributed by atoms with van der Waals surface area (Å²) < 4.78 is 23.2. The lowest BCUT2D eigenvalue weighted by Crippen LogP contribution is -2.36. The molecule has 0 aromatic heterocycles. The Morgan fingerprint density at radius 1 is 1.14 bits per heavy atom. The van der Waals surface area contributed by atoms with Crippen molar-refractivity contribution in [1.29, 1.82) is 0 Å². The Labute approximate surface area is 84.1 Å². The third-order valence-electron chi connectivity index (χ3n) is 3.45. The minimum absolute atomic E-state index is 0.153. The lowest BCUT2D eigenvalue weighted by Gasteiger charge is -2.30. The third-order valence-corrected chi connectivity index (χ3v) is 6.02. The fourth-order valence-corrected chi connectivity index (χ4v) is 4.58. The number of hydrogen-bond acceptors (Lipinski definition) is 3. The Kier molecular flexibility index (Phi) is 2.07. The van der Waals surface area contributed by atoms with E-state index in [-0.39, 0.29) is 17.1 Å². The van der Waals surface area contributed by atoms with Crippen LogP contribution < -0.4 is 0 Å². The Balaban J connectivity index is 2.46. The molecule has 0 bridgehead atoms. The summed E-state index contributed by atoms with van der Waals surface area (Å²) in [5.74, 6) is -0.271. The van der Waals surface area contributed by atoms with E-state index >= 15 is 0 Å². The molecule has 0 radical (unpaired) electrons. The largest absolute Gasteiger partial charge is 0.293 e. The molecule has 2 rings (SSSR count). The van der Waals surface area contributed by atoms with Gasteiger partial charge in [-0.3, -0.25) is 4.79 Å². The van der Waals surface area contributed by atoms with Gasteiger partial charge < -0.3 is 0 Å². The van der Waals surface area contributed by atoms with Gasteiger partial charge in [0.25, 0.3) is 0 Å². The zero-order valence-corrected chi connectivity index (χ0v) is 8.90.